The molecule has 0 spiro atoms. The van der Waals surface area contributed by atoms with Crippen molar-refractivity contribution >= 4 is 5.65 Å². The molecule has 1 aliphatic heterocycles. The van der Waals surface area contributed by atoms with Crippen LogP contribution in [-0.4, -0.2) is 60.4 Å². The van der Waals surface area contributed by atoms with E-state index in [-0.39, 0.29) is 0 Å². The van der Waals surface area contributed by atoms with Gasteiger partial charge in [0.2, 0.25) is 0 Å². The fraction of sp³-hybridized carbons (Fsp3) is 0.438. The largest absolute Gasteiger partial charge is 0.307 e. The minimum atomic E-state index is 0.919. The second-order valence-corrected chi connectivity index (χ2v) is 6.10. The maximum atomic E-state index is 4.69. The number of piperazine rings is 1. The van der Waals surface area contributed by atoms with Gasteiger partial charge in [-0.1, -0.05) is 11.3 Å². The molecule has 1 fully saturated rings. The summed E-state index contributed by atoms with van der Waals surface area (Å²) in [5.74, 6) is 0. The summed E-state index contributed by atoms with van der Waals surface area (Å²) in [6.07, 6.45) is 6.03. The lowest BCUT2D eigenvalue weighted by molar-refractivity contribution is 0.119. The molecule has 0 radical (unpaired) electrons. The van der Waals surface area contributed by atoms with E-state index in [1.54, 1.807) is 0 Å². The van der Waals surface area contributed by atoms with Crippen molar-refractivity contribution in [1.82, 2.24) is 34.2 Å². The number of pyridine rings is 1. The Kier molecular flexibility index (Phi) is 3.80. The molecule has 7 nitrogen and oxygen atoms in total. The number of imidazole rings is 1. The molecular formula is C16H21N7. The molecule has 3 aromatic heterocycles. The molecule has 0 bridgehead atoms. The van der Waals surface area contributed by atoms with E-state index < -0.39 is 0 Å². The summed E-state index contributed by atoms with van der Waals surface area (Å²) in [5, 5.41) is 7.94. The highest BCUT2D eigenvalue weighted by Crippen LogP contribution is 2.11. The molecule has 1 saturated heterocycles. The SMILES string of the molecule is Cn1nncc1CN1CCN(Cc2cn3ccccc3n2)CC1. The summed E-state index contributed by atoms with van der Waals surface area (Å²) in [6, 6.07) is 6.10. The maximum Gasteiger partial charge on any atom is 0.137 e. The predicted molar refractivity (Wildman–Crippen MR) is 86.7 cm³/mol. The van der Waals surface area contributed by atoms with Crippen molar-refractivity contribution in [1.29, 1.82) is 0 Å². The molecule has 120 valence electrons. The normalized spacial score (nSPS) is 17.1. The lowest BCUT2D eigenvalue weighted by atomic mass is 10.3. The first-order chi connectivity index (χ1) is 11.3. The molecule has 0 amide bonds. The van der Waals surface area contributed by atoms with Crippen LogP contribution in [0.5, 0.6) is 0 Å². The first-order valence-electron chi connectivity index (χ1n) is 7.99. The predicted octanol–water partition coefficient (Wildman–Crippen LogP) is 0.781. The van der Waals surface area contributed by atoms with Crippen LogP contribution in [0.2, 0.25) is 0 Å². The minimum Gasteiger partial charge on any atom is -0.307 e. The van der Waals surface area contributed by atoms with E-state index in [9.17, 15) is 0 Å². The average Bonchev–Trinajstić information content (AvgIpc) is 3.15. The van der Waals surface area contributed by atoms with Crippen LogP contribution in [0.1, 0.15) is 11.4 Å². The van der Waals surface area contributed by atoms with Gasteiger partial charge in [-0.15, -0.1) is 5.10 Å². The summed E-state index contributed by atoms with van der Waals surface area (Å²) >= 11 is 0. The smallest absolute Gasteiger partial charge is 0.137 e. The number of rotatable bonds is 4. The Balaban J connectivity index is 1.33. The van der Waals surface area contributed by atoms with E-state index >= 15 is 0 Å². The Morgan fingerprint density at radius 1 is 1.04 bits per heavy atom. The third-order valence-corrected chi connectivity index (χ3v) is 4.46. The molecular weight excluding hydrogens is 290 g/mol. The van der Waals surface area contributed by atoms with Gasteiger partial charge in [-0.3, -0.25) is 14.5 Å². The van der Waals surface area contributed by atoms with E-state index in [1.807, 2.05) is 42.3 Å². The van der Waals surface area contributed by atoms with Gasteiger partial charge in [-0.2, -0.15) is 0 Å². The van der Waals surface area contributed by atoms with Crippen molar-refractivity contribution in [2.75, 3.05) is 26.2 Å². The van der Waals surface area contributed by atoms with E-state index in [0.29, 0.717) is 0 Å². The number of nitrogens with zero attached hydrogens (tertiary/aromatic N) is 7. The number of hydrogen-bond acceptors (Lipinski definition) is 5. The minimum absolute atomic E-state index is 0.919. The van der Waals surface area contributed by atoms with Gasteiger partial charge in [0.05, 0.1) is 17.6 Å². The lowest BCUT2D eigenvalue weighted by Crippen LogP contribution is -2.45. The third-order valence-electron chi connectivity index (χ3n) is 4.46. The highest BCUT2D eigenvalue weighted by Gasteiger charge is 2.19. The molecule has 4 heterocycles. The molecule has 0 saturated carbocycles. The highest BCUT2D eigenvalue weighted by molar-refractivity contribution is 5.39. The molecule has 1 aliphatic rings. The fourth-order valence-corrected chi connectivity index (χ4v) is 3.08. The van der Waals surface area contributed by atoms with Crippen molar-refractivity contribution in [3.05, 3.63) is 48.2 Å². The molecule has 0 unspecified atom stereocenters. The Hall–Kier alpha value is -2.25. The molecule has 23 heavy (non-hydrogen) atoms. The van der Waals surface area contributed by atoms with Crippen LogP contribution in [0.25, 0.3) is 5.65 Å². The Morgan fingerprint density at radius 3 is 2.52 bits per heavy atom. The fourth-order valence-electron chi connectivity index (χ4n) is 3.08. The monoisotopic (exact) mass is 311 g/mol. The highest BCUT2D eigenvalue weighted by atomic mass is 15.4. The van der Waals surface area contributed by atoms with E-state index in [2.05, 4.69) is 35.7 Å². The second-order valence-electron chi connectivity index (χ2n) is 6.10. The van der Waals surface area contributed by atoms with Gasteiger partial charge in [-0.05, 0) is 12.1 Å². The van der Waals surface area contributed by atoms with Crippen molar-refractivity contribution in [3.63, 3.8) is 0 Å². The van der Waals surface area contributed by atoms with Crippen LogP contribution >= 0.6 is 0 Å². The van der Waals surface area contributed by atoms with Crippen molar-refractivity contribution in [3.8, 4) is 0 Å². The van der Waals surface area contributed by atoms with Crippen molar-refractivity contribution in [2.24, 2.45) is 7.05 Å². The van der Waals surface area contributed by atoms with Crippen LogP contribution in [-0.2, 0) is 20.1 Å². The van der Waals surface area contributed by atoms with Crippen molar-refractivity contribution in [2.45, 2.75) is 13.1 Å². The summed E-state index contributed by atoms with van der Waals surface area (Å²) < 4.78 is 3.93. The van der Waals surface area contributed by atoms with Crippen molar-refractivity contribution < 1.29 is 0 Å². The summed E-state index contributed by atoms with van der Waals surface area (Å²) in [6.45, 7) is 6.11. The van der Waals surface area contributed by atoms with Gasteiger partial charge in [0.1, 0.15) is 5.65 Å². The Labute approximate surface area is 135 Å². The molecule has 0 aliphatic carbocycles. The topological polar surface area (TPSA) is 54.5 Å². The van der Waals surface area contributed by atoms with Crippen LogP contribution in [0.3, 0.4) is 0 Å². The first-order valence-corrected chi connectivity index (χ1v) is 7.99. The van der Waals surface area contributed by atoms with Crippen LogP contribution in [0.15, 0.2) is 36.8 Å². The number of hydrogen-bond donors (Lipinski definition) is 0. The quantitative estimate of drug-likeness (QED) is 0.713. The zero-order valence-corrected chi connectivity index (χ0v) is 13.3. The Morgan fingerprint density at radius 2 is 1.83 bits per heavy atom. The maximum absolute atomic E-state index is 4.69. The number of fused-ring (bicyclic) bond motifs is 1. The Bertz CT molecular complexity index is 749. The summed E-state index contributed by atoms with van der Waals surface area (Å²) in [4.78, 5) is 9.62. The van der Waals surface area contributed by atoms with Gasteiger partial charge in [0, 0.05) is 58.7 Å². The van der Waals surface area contributed by atoms with E-state index in [4.69, 9.17) is 0 Å². The van der Waals surface area contributed by atoms with Crippen LogP contribution in [0.4, 0.5) is 0 Å². The van der Waals surface area contributed by atoms with Crippen LogP contribution in [0, 0.1) is 0 Å². The second kappa shape index (κ2) is 6.10. The van der Waals surface area contributed by atoms with E-state index in [1.165, 1.54) is 5.69 Å². The van der Waals surface area contributed by atoms with Gasteiger partial charge < -0.3 is 4.40 Å². The first kappa shape index (κ1) is 14.3. The molecule has 0 aromatic carbocycles. The summed E-state index contributed by atoms with van der Waals surface area (Å²) in [7, 11) is 1.95. The standard InChI is InChI=1S/C16H21N7/c1-20-15(10-17-19-20)13-22-8-6-21(7-9-22)11-14-12-23-5-3-2-4-16(23)18-14/h2-5,10,12H,6-9,11,13H2,1H3. The molecule has 7 heteroatoms. The molecule has 0 N–H and O–H groups in total. The zero-order valence-electron chi connectivity index (χ0n) is 13.3. The third kappa shape index (κ3) is 3.11. The molecule has 3 aromatic rings. The van der Waals surface area contributed by atoms with Gasteiger partial charge >= 0.3 is 0 Å². The lowest BCUT2D eigenvalue weighted by Gasteiger charge is -2.34. The molecule has 0 atom stereocenters. The number of aromatic nitrogens is 5. The zero-order chi connectivity index (χ0) is 15.6. The van der Waals surface area contributed by atoms with E-state index in [0.717, 1.165) is 50.6 Å². The average molecular weight is 311 g/mol. The summed E-state index contributed by atoms with van der Waals surface area (Å²) in [5.41, 5.74) is 3.32. The van der Waals surface area contributed by atoms with Gasteiger partial charge in [-0.25, -0.2) is 4.98 Å². The van der Waals surface area contributed by atoms with Gasteiger partial charge in [0.15, 0.2) is 0 Å². The number of aryl methyl sites for hydroxylation is 1. The molecule has 4 rings (SSSR count). The van der Waals surface area contributed by atoms with Crippen LogP contribution < -0.4 is 0 Å². The van der Waals surface area contributed by atoms with Gasteiger partial charge in [0.25, 0.3) is 0 Å².